The highest BCUT2D eigenvalue weighted by Crippen LogP contribution is 2.53. The van der Waals surface area contributed by atoms with Crippen molar-refractivity contribution in [2.45, 2.75) is 13.3 Å². The summed E-state index contributed by atoms with van der Waals surface area (Å²) in [5.41, 5.74) is 0.873. The van der Waals surface area contributed by atoms with E-state index in [1.807, 2.05) is 12.2 Å². The SMILES string of the molecule is Cc1cc(N2C(=O)C3C4C=CC(C4)C3C2=O)ccc1[N+](=O)[O-]. The quantitative estimate of drug-likeness (QED) is 0.363. The molecule has 0 N–H and O–H groups in total. The van der Waals surface area contributed by atoms with Crippen LogP contribution in [0.3, 0.4) is 0 Å². The smallest absolute Gasteiger partial charge is 0.272 e. The summed E-state index contributed by atoms with van der Waals surface area (Å²) in [4.78, 5) is 37.0. The zero-order valence-electron chi connectivity index (χ0n) is 11.9. The third-order valence-corrected chi connectivity index (χ3v) is 5.11. The standard InChI is InChI=1S/C16H14N2O4/c1-8-6-11(4-5-12(8)18(21)22)17-15(19)13-9-2-3-10(7-9)14(13)16(17)20/h2-6,9-10,13-14H,7H2,1H3. The van der Waals surface area contributed by atoms with Gasteiger partial charge in [0.05, 0.1) is 22.4 Å². The van der Waals surface area contributed by atoms with Crippen molar-refractivity contribution < 1.29 is 14.5 Å². The lowest BCUT2D eigenvalue weighted by atomic mass is 9.85. The molecule has 2 aliphatic carbocycles. The monoisotopic (exact) mass is 298 g/mol. The number of hydrogen-bond acceptors (Lipinski definition) is 4. The number of allylic oxidation sites excluding steroid dienone is 2. The van der Waals surface area contributed by atoms with E-state index in [2.05, 4.69) is 0 Å². The number of imide groups is 1. The highest BCUT2D eigenvalue weighted by Gasteiger charge is 2.59. The summed E-state index contributed by atoms with van der Waals surface area (Å²) in [6.45, 7) is 1.61. The molecule has 1 saturated carbocycles. The van der Waals surface area contributed by atoms with E-state index >= 15 is 0 Å². The highest BCUT2D eigenvalue weighted by molar-refractivity contribution is 6.22. The molecule has 4 atom stereocenters. The fourth-order valence-electron chi connectivity index (χ4n) is 4.14. The predicted octanol–water partition coefficient (Wildman–Crippen LogP) is 2.21. The molecule has 1 heterocycles. The number of carbonyl (C=O) groups excluding carboxylic acids is 2. The first kappa shape index (κ1) is 13.2. The van der Waals surface area contributed by atoms with Gasteiger partial charge in [-0.05, 0) is 37.3 Å². The summed E-state index contributed by atoms with van der Waals surface area (Å²) in [5, 5.41) is 10.9. The van der Waals surface area contributed by atoms with Crippen molar-refractivity contribution in [1.29, 1.82) is 0 Å². The molecule has 0 radical (unpaired) electrons. The van der Waals surface area contributed by atoms with Gasteiger partial charge >= 0.3 is 0 Å². The first-order chi connectivity index (χ1) is 10.5. The summed E-state index contributed by atoms with van der Waals surface area (Å²) in [6, 6.07) is 4.38. The molecule has 1 aromatic carbocycles. The van der Waals surface area contributed by atoms with E-state index in [1.165, 1.54) is 17.0 Å². The Morgan fingerprint density at radius 3 is 2.23 bits per heavy atom. The molecule has 1 saturated heterocycles. The third kappa shape index (κ3) is 1.55. The van der Waals surface area contributed by atoms with Gasteiger partial charge in [-0.2, -0.15) is 0 Å². The maximum absolute atomic E-state index is 12.7. The molecule has 0 aromatic heterocycles. The Morgan fingerprint density at radius 1 is 1.14 bits per heavy atom. The van der Waals surface area contributed by atoms with Gasteiger partial charge < -0.3 is 0 Å². The van der Waals surface area contributed by atoms with E-state index in [9.17, 15) is 19.7 Å². The van der Waals surface area contributed by atoms with Gasteiger partial charge in [0.2, 0.25) is 11.8 Å². The fraction of sp³-hybridized carbons (Fsp3) is 0.375. The first-order valence-electron chi connectivity index (χ1n) is 7.30. The van der Waals surface area contributed by atoms with Crippen molar-refractivity contribution in [3.63, 3.8) is 0 Å². The number of benzene rings is 1. The minimum absolute atomic E-state index is 0.00947. The average molecular weight is 298 g/mol. The van der Waals surface area contributed by atoms with Gasteiger partial charge in [-0.1, -0.05) is 12.2 Å². The second-order valence-corrected chi connectivity index (χ2v) is 6.24. The summed E-state index contributed by atoms with van der Waals surface area (Å²) in [5.74, 6) is -0.512. The van der Waals surface area contributed by atoms with Crippen molar-refractivity contribution in [2.75, 3.05) is 4.90 Å². The maximum Gasteiger partial charge on any atom is 0.272 e. The van der Waals surface area contributed by atoms with Gasteiger partial charge in [0, 0.05) is 11.6 Å². The lowest BCUT2D eigenvalue weighted by molar-refractivity contribution is -0.385. The Kier molecular flexibility index (Phi) is 2.55. The van der Waals surface area contributed by atoms with Crippen LogP contribution in [-0.2, 0) is 9.59 Å². The van der Waals surface area contributed by atoms with E-state index in [-0.39, 0.29) is 41.2 Å². The number of nitrogens with zero attached hydrogens (tertiary/aromatic N) is 2. The van der Waals surface area contributed by atoms with Crippen molar-refractivity contribution in [1.82, 2.24) is 0 Å². The molecule has 4 unspecified atom stereocenters. The van der Waals surface area contributed by atoms with Crippen LogP contribution in [0.2, 0.25) is 0 Å². The molecule has 4 rings (SSSR count). The van der Waals surface area contributed by atoms with E-state index in [4.69, 9.17) is 0 Å². The molecule has 2 amide bonds. The lowest BCUT2D eigenvalue weighted by Gasteiger charge is -2.17. The normalized spacial score (nSPS) is 32.0. The van der Waals surface area contributed by atoms with Crippen LogP contribution in [0.5, 0.6) is 0 Å². The molecule has 0 spiro atoms. The summed E-state index contributed by atoms with van der Waals surface area (Å²) in [6.07, 6.45) is 4.98. The van der Waals surface area contributed by atoms with Crippen LogP contribution in [-0.4, -0.2) is 16.7 Å². The molecule has 2 bridgehead atoms. The number of carbonyl (C=O) groups is 2. The van der Waals surface area contributed by atoms with Gasteiger partial charge in [0.15, 0.2) is 0 Å². The first-order valence-corrected chi connectivity index (χ1v) is 7.30. The molecule has 112 valence electrons. The van der Waals surface area contributed by atoms with Crippen LogP contribution in [0.25, 0.3) is 0 Å². The number of rotatable bonds is 2. The minimum Gasteiger partial charge on any atom is -0.274 e. The van der Waals surface area contributed by atoms with Crippen molar-refractivity contribution in [2.24, 2.45) is 23.7 Å². The molecule has 6 heteroatoms. The van der Waals surface area contributed by atoms with Crippen LogP contribution < -0.4 is 4.90 Å². The Morgan fingerprint density at radius 2 is 1.73 bits per heavy atom. The second kappa shape index (κ2) is 4.25. The molecule has 3 aliphatic rings. The fourth-order valence-corrected chi connectivity index (χ4v) is 4.14. The predicted molar refractivity (Wildman–Crippen MR) is 78.0 cm³/mol. The molecule has 6 nitrogen and oxygen atoms in total. The van der Waals surface area contributed by atoms with Crippen LogP contribution >= 0.6 is 0 Å². The van der Waals surface area contributed by atoms with E-state index in [0.29, 0.717) is 11.3 Å². The number of hydrogen-bond donors (Lipinski definition) is 0. The third-order valence-electron chi connectivity index (χ3n) is 5.11. The maximum atomic E-state index is 12.7. The van der Waals surface area contributed by atoms with E-state index < -0.39 is 4.92 Å². The van der Waals surface area contributed by atoms with Gasteiger partial charge in [-0.15, -0.1) is 0 Å². The molecule has 2 fully saturated rings. The van der Waals surface area contributed by atoms with Crippen molar-refractivity contribution in [3.8, 4) is 0 Å². The zero-order chi connectivity index (χ0) is 15.6. The number of aryl methyl sites for hydroxylation is 1. The molecular weight excluding hydrogens is 284 g/mol. The largest absolute Gasteiger partial charge is 0.274 e. The van der Waals surface area contributed by atoms with Gasteiger partial charge in [-0.3, -0.25) is 24.6 Å². The van der Waals surface area contributed by atoms with Crippen molar-refractivity contribution in [3.05, 3.63) is 46.0 Å². The average Bonchev–Trinajstić information content (AvgIpc) is 3.12. The summed E-state index contributed by atoms with van der Waals surface area (Å²) < 4.78 is 0. The second-order valence-electron chi connectivity index (χ2n) is 6.24. The summed E-state index contributed by atoms with van der Waals surface area (Å²) in [7, 11) is 0. The van der Waals surface area contributed by atoms with Gasteiger partial charge in [0.1, 0.15) is 0 Å². The number of nitro groups is 1. The lowest BCUT2D eigenvalue weighted by Crippen LogP contribution is -2.32. The van der Waals surface area contributed by atoms with Gasteiger partial charge in [-0.25, -0.2) is 0 Å². The Bertz CT molecular complexity index is 725. The Labute approximate surface area is 126 Å². The minimum atomic E-state index is -0.467. The Balaban J connectivity index is 1.73. The number of anilines is 1. The highest BCUT2D eigenvalue weighted by atomic mass is 16.6. The molecule has 22 heavy (non-hydrogen) atoms. The van der Waals surface area contributed by atoms with Crippen molar-refractivity contribution >= 4 is 23.2 Å². The number of nitro benzene ring substituents is 1. The zero-order valence-corrected chi connectivity index (χ0v) is 11.9. The topological polar surface area (TPSA) is 80.5 Å². The Hall–Kier alpha value is -2.50. The van der Waals surface area contributed by atoms with Crippen LogP contribution in [0.15, 0.2) is 30.4 Å². The number of fused-ring (bicyclic) bond motifs is 5. The van der Waals surface area contributed by atoms with Crippen LogP contribution in [0.4, 0.5) is 11.4 Å². The number of amides is 2. The van der Waals surface area contributed by atoms with Crippen LogP contribution in [0, 0.1) is 40.7 Å². The van der Waals surface area contributed by atoms with Crippen LogP contribution in [0.1, 0.15) is 12.0 Å². The van der Waals surface area contributed by atoms with E-state index in [0.717, 1.165) is 6.42 Å². The molecule has 1 aliphatic heterocycles. The molecule has 1 aromatic rings. The van der Waals surface area contributed by atoms with E-state index in [1.54, 1.807) is 13.0 Å². The molecular formula is C16H14N2O4. The summed E-state index contributed by atoms with van der Waals surface area (Å²) >= 11 is 0. The van der Waals surface area contributed by atoms with Gasteiger partial charge in [0.25, 0.3) is 5.69 Å².